The Morgan fingerprint density at radius 2 is 2.05 bits per heavy atom. The molecule has 0 aliphatic carbocycles. The minimum Gasteiger partial charge on any atom is -0.391 e. The second-order valence-electron chi connectivity index (χ2n) is 4.15. The average Bonchev–Trinajstić information content (AvgIpc) is 2.90. The molecule has 0 aliphatic heterocycles. The predicted octanol–water partition coefficient (Wildman–Crippen LogP) is 1.90. The van der Waals surface area contributed by atoms with Crippen LogP contribution in [0.5, 0.6) is 0 Å². The van der Waals surface area contributed by atoms with Crippen LogP contribution in [0.1, 0.15) is 10.4 Å². The first-order valence-electron chi connectivity index (χ1n) is 5.94. The summed E-state index contributed by atoms with van der Waals surface area (Å²) in [5.74, 6) is -0.343. The quantitative estimate of drug-likeness (QED) is 0.855. The van der Waals surface area contributed by atoms with E-state index in [-0.39, 0.29) is 30.3 Å². The number of hydrogen-bond donors (Lipinski definition) is 2. The molecule has 0 spiro atoms. The number of rotatable bonds is 6. The molecule has 1 heterocycles. The molecule has 4 nitrogen and oxygen atoms in total. The first kappa shape index (κ1) is 15.1. The number of aliphatic hydroxyl groups is 1. The van der Waals surface area contributed by atoms with E-state index in [0.717, 1.165) is 0 Å². The molecule has 7 heteroatoms. The second-order valence-corrected chi connectivity index (χ2v) is 6.91. The Labute approximate surface area is 120 Å². The fraction of sp³-hybridized carbons (Fsp3) is 0.231. The van der Waals surface area contributed by atoms with E-state index in [4.69, 9.17) is 5.11 Å². The van der Waals surface area contributed by atoms with Gasteiger partial charge < -0.3 is 5.11 Å². The summed E-state index contributed by atoms with van der Waals surface area (Å²) in [5.41, 5.74) is 0.469. The van der Waals surface area contributed by atoms with E-state index in [1.54, 1.807) is 18.2 Å². The number of thiophene rings is 1. The van der Waals surface area contributed by atoms with Crippen LogP contribution in [0.25, 0.3) is 0 Å². The fourth-order valence-electron chi connectivity index (χ4n) is 1.69. The van der Waals surface area contributed by atoms with Gasteiger partial charge in [-0.1, -0.05) is 18.2 Å². The van der Waals surface area contributed by atoms with Crippen molar-refractivity contribution in [2.75, 3.05) is 6.54 Å². The molecule has 0 amide bonds. The summed E-state index contributed by atoms with van der Waals surface area (Å²) >= 11 is 1.18. The minimum absolute atomic E-state index is 0.119. The molecule has 2 aromatic rings. The maximum absolute atomic E-state index is 13.4. The highest BCUT2D eigenvalue weighted by molar-refractivity contribution is 7.89. The van der Waals surface area contributed by atoms with Gasteiger partial charge in [-0.05, 0) is 24.1 Å². The summed E-state index contributed by atoms with van der Waals surface area (Å²) in [7, 11) is -3.61. The van der Waals surface area contributed by atoms with E-state index in [1.807, 2.05) is 0 Å². The topological polar surface area (TPSA) is 66.4 Å². The Hall–Kier alpha value is -1.28. The molecule has 0 saturated carbocycles. The van der Waals surface area contributed by atoms with E-state index in [0.29, 0.717) is 10.4 Å². The number of nitrogens with one attached hydrogen (secondary N) is 1. The maximum atomic E-state index is 13.4. The molecule has 0 aliphatic rings. The van der Waals surface area contributed by atoms with Gasteiger partial charge in [-0.25, -0.2) is 17.5 Å². The van der Waals surface area contributed by atoms with Gasteiger partial charge in [-0.2, -0.15) is 0 Å². The number of aliphatic hydroxyl groups excluding tert-OH is 1. The zero-order chi connectivity index (χ0) is 14.6. The molecule has 0 radical (unpaired) electrons. The summed E-state index contributed by atoms with van der Waals surface area (Å²) in [6.45, 7) is -0.0665. The van der Waals surface area contributed by atoms with Crippen LogP contribution in [0.4, 0.5) is 4.39 Å². The van der Waals surface area contributed by atoms with Crippen molar-refractivity contribution in [1.82, 2.24) is 4.72 Å². The first-order valence-corrected chi connectivity index (χ1v) is 8.30. The van der Waals surface area contributed by atoms with Crippen molar-refractivity contribution < 1.29 is 17.9 Å². The van der Waals surface area contributed by atoms with E-state index in [2.05, 4.69) is 4.72 Å². The van der Waals surface area contributed by atoms with Crippen molar-refractivity contribution in [3.05, 3.63) is 52.0 Å². The monoisotopic (exact) mass is 315 g/mol. The smallest absolute Gasteiger partial charge is 0.241 e. The zero-order valence-electron chi connectivity index (χ0n) is 10.5. The van der Waals surface area contributed by atoms with Gasteiger partial charge in [0.25, 0.3) is 0 Å². The standard InChI is InChI=1S/C13H14FNO3S2/c14-13-4-2-1-3-10(13)5-6-15-20(17,18)12-7-11(8-16)19-9-12/h1-4,7,9,15-16H,5-6,8H2. The minimum atomic E-state index is -3.61. The van der Waals surface area contributed by atoms with E-state index in [1.165, 1.54) is 28.8 Å². The number of sulfonamides is 1. The molecule has 0 fully saturated rings. The van der Waals surface area contributed by atoms with Crippen LogP contribution in [-0.4, -0.2) is 20.1 Å². The lowest BCUT2D eigenvalue weighted by Crippen LogP contribution is -2.25. The molecule has 2 rings (SSSR count). The summed E-state index contributed by atoms with van der Waals surface area (Å²) < 4.78 is 39.7. The molecule has 0 bridgehead atoms. The Bertz CT molecular complexity index is 682. The van der Waals surface area contributed by atoms with Gasteiger partial charge in [0.2, 0.25) is 10.0 Å². The highest BCUT2D eigenvalue weighted by atomic mass is 32.2. The molecule has 108 valence electrons. The lowest BCUT2D eigenvalue weighted by Gasteiger charge is -2.05. The van der Waals surface area contributed by atoms with Gasteiger partial charge in [0.1, 0.15) is 5.82 Å². The van der Waals surface area contributed by atoms with Crippen molar-refractivity contribution >= 4 is 21.4 Å². The number of benzene rings is 1. The fourth-order valence-corrected chi connectivity index (χ4v) is 3.85. The van der Waals surface area contributed by atoms with Gasteiger partial charge in [0, 0.05) is 16.8 Å². The summed E-state index contributed by atoms with van der Waals surface area (Å²) in [4.78, 5) is 0.708. The largest absolute Gasteiger partial charge is 0.391 e. The Morgan fingerprint density at radius 1 is 1.30 bits per heavy atom. The van der Waals surface area contributed by atoms with Gasteiger partial charge in [-0.3, -0.25) is 0 Å². The van der Waals surface area contributed by atoms with Crippen LogP contribution >= 0.6 is 11.3 Å². The van der Waals surface area contributed by atoms with Gasteiger partial charge in [-0.15, -0.1) is 11.3 Å². The van der Waals surface area contributed by atoms with Crippen molar-refractivity contribution in [3.8, 4) is 0 Å². The van der Waals surface area contributed by atoms with Crippen molar-refractivity contribution in [3.63, 3.8) is 0 Å². The Balaban J connectivity index is 1.98. The third kappa shape index (κ3) is 3.63. The SMILES string of the molecule is O=S(=O)(NCCc1ccccc1F)c1csc(CO)c1. The Morgan fingerprint density at radius 3 is 2.70 bits per heavy atom. The number of halogens is 1. The highest BCUT2D eigenvalue weighted by Gasteiger charge is 2.15. The van der Waals surface area contributed by atoms with E-state index < -0.39 is 10.0 Å². The lowest BCUT2D eigenvalue weighted by atomic mass is 10.1. The predicted molar refractivity (Wildman–Crippen MR) is 75.5 cm³/mol. The average molecular weight is 315 g/mol. The van der Waals surface area contributed by atoms with Crippen molar-refractivity contribution in [2.24, 2.45) is 0 Å². The third-order valence-corrected chi connectivity index (χ3v) is 5.25. The Kier molecular flexibility index (Phi) is 4.87. The molecule has 0 atom stereocenters. The van der Waals surface area contributed by atoms with Gasteiger partial charge >= 0.3 is 0 Å². The first-order chi connectivity index (χ1) is 9.53. The molecule has 20 heavy (non-hydrogen) atoms. The van der Waals surface area contributed by atoms with E-state index >= 15 is 0 Å². The highest BCUT2D eigenvalue weighted by Crippen LogP contribution is 2.19. The summed E-state index contributed by atoms with van der Waals surface area (Å²) in [6.07, 6.45) is 0.281. The van der Waals surface area contributed by atoms with Crippen molar-refractivity contribution in [2.45, 2.75) is 17.9 Å². The summed E-state index contributed by atoms with van der Waals surface area (Å²) in [6, 6.07) is 7.69. The third-order valence-electron chi connectivity index (χ3n) is 2.74. The molecule has 2 N–H and O–H groups in total. The van der Waals surface area contributed by atoms with Gasteiger partial charge in [0.15, 0.2) is 0 Å². The molecule has 0 unspecified atom stereocenters. The normalized spacial score (nSPS) is 11.7. The van der Waals surface area contributed by atoms with Gasteiger partial charge in [0.05, 0.1) is 11.5 Å². The molecule has 0 saturated heterocycles. The van der Waals surface area contributed by atoms with Crippen molar-refractivity contribution in [1.29, 1.82) is 0 Å². The second kappa shape index (κ2) is 6.45. The van der Waals surface area contributed by atoms with Crippen LogP contribution in [0.3, 0.4) is 0 Å². The lowest BCUT2D eigenvalue weighted by molar-refractivity contribution is 0.285. The molecule has 1 aromatic carbocycles. The van der Waals surface area contributed by atoms with Crippen LogP contribution in [-0.2, 0) is 23.1 Å². The van der Waals surface area contributed by atoms with Crippen LogP contribution < -0.4 is 4.72 Å². The summed E-state index contributed by atoms with van der Waals surface area (Å²) in [5, 5.41) is 10.4. The molecular weight excluding hydrogens is 301 g/mol. The van der Waals surface area contributed by atoms with E-state index in [9.17, 15) is 12.8 Å². The van der Waals surface area contributed by atoms with Crippen LogP contribution in [0, 0.1) is 5.82 Å². The molecular formula is C13H14FNO3S2. The maximum Gasteiger partial charge on any atom is 0.241 e. The van der Waals surface area contributed by atoms with Crippen LogP contribution in [0.2, 0.25) is 0 Å². The molecule has 1 aromatic heterocycles. The van der Waals surface area contributed by atoms with Crippen LogP contribution in [0.15, 0.2) is 40.6 Å². The zero-order valence-corrected chi connectivity index (χ0v) is 12.2. The number of hydrogen-bond acceptors (Lipinski definition) is 4.